The number of rotatable bonds is 3. The van der Waals surface area contributed by atoms with Crippen LogP contribution in [-0.4, -0.2) is 12.1 Å². The Bertz CT molecular complexity index is 637. The van der Waals surface area contributed by atoms with Crippen molar-refractivity contribution >= 4 is 5.97 Å². The summed E-state index contributed by atoms with van der Waals surface area (Å²) in [6.07, 6.45) is 7.19. The monoisotopic (exact) mass is 313 g/mol. The molecule has 0 aromatic heterocycles. The molecule has 0 aromatic carbocycles. The smallest absolute Gasteiger partial charge is 0.331 e. The van der Waals surface area contributed by atoms with Gasteiger partial charge < -0.3 is 4.74 Å². The molecule has 1 heterocycles. The zero-order valence-electron chi connectivity index (χ0n) is 14.7. The predicted octanol–water partition coefficient (Wildman–Crippen LogP) is 4.69. The minimum absolute atomic E-state index is 0.135. The number of carbonyl (C=O) groups is 1. The Morgan fingerprint density at radius 2 is 2.09 bits per heavy atom. The lowest BCUT2D eigenvalue weighted by atomic mass is 9.56. The number of carbonyl (C=O) groups excluding carboxylic acids is 1. The Hall–Kier alpha value is -1.56. The summed E-state index contributed by atoms with van der Waals surface area (Å²) in [4.78, 5) is 12.2. The topological polar surface area (TPSA) is 50.1 Å². The van der Waals surface area contributed by atoms with Crippen LogP contribution in [0.2, 0.25) is 0 Å². The van der Waals surface area contributed by atoms with E-state index in [-0.39, 0.29) is 22.9 Å². The SMILES string of the molecule is CC(C)C1=C2C3=CC(=O)OC(CCC#N)[C@]3(C)CC[C@@]2(C)CC1. The summed E-state index contributed by atoms with van der Waals surface area (Å²) >= 11 is 0. The third-order valence-electron chi connectivity index (χ3n) is 6.40. The summed E-state index contributed by atoms with van der Waals surface area (Å²) in [5, 5.41) is 8.93. The highest BCUT2D eigenvalue weighted by atomic mass is 16.5. The minimum atomic E-state index is -0.229. The third kappa shape index (κ3) is 2.43. The molecule has 0 aromatic rings. The van der Waals surface area contributed by atoms with Gasteiger partial charge in [0.05, 0.1) is 6.07 Å². The normalized spacial score (nSPS) is 36.3. The van der Waals surface area contributed by atoms with E-state index >= 15 is 0 Å². The lowest BCUT2D eigenvalue weighted by Gasteiger charge is -2.50. The van der Waals surface area contributed by atoms with Gasteiger partial charge in [0, 0.05) is 17.9 Å². The molecule has 0 saturated heterocycles. The first kappa shape index (κ1) is 16.3. The molecule has 0 amide bonds. The molecule has 0 bridgehead atoms. The molecule has 2 aliphatic carbocycles. The van der Waals surface area contributed by atoms with Crippen LogP contribution in [0.1, 0.15) is 66.2 Å². The van der Waals surface area contributed by atoms with Gasteiger partial charge in [0.1, 0.15) is 6.10 Å². The molecule has 3 nitrogen and oxygen atoms in total. The highest BCUT2D eigenvalue weighted by Crippen LogP contribution is 2.62. The van der Waals surface area contributed by atoms with Crippen molar-refractivity contribution in [1.29, 1.82) is 5.26 Å². The van der Waals surface area contributed by atoms with Crippen LogP contribution in [0, 0.1) is 28.1 Å². The number of nitrogens with zero attached hydrogens (tertiary/aromatic N) is 1. The first-order chi connectivity index (χ1) is 10.8. The Morgan fingerprint density at radius 3 is 2.74 bits per heavy atom. The van der Waals surface area contributed by atoms with Crippen molar-refractivity contribution in [3.05, 3.63) is 22.8 Å². The van der Waals surface area contributed by atoms with Gasteiger partial charge in [0.25, 0.3) is 0 Å². The van der Waals surface area contributed by atoms with Gasteiger partial charge in [-0.3, -0.25) is 0 Å². The molecule has 0 radical (unpaired) electrons. The first-order valence-corrected chi connectivity index (χ1v) is 8.85. The largest absolute Gasteiger partial charge is 0.458 e. The molecular formula is C20H27NO2. The number of hydrogen-bond acceptors (Lipinski definition) is 3. The molecule has 124 valence electrons. The van der Waals surface area contributed by atoms with Crippen molar-refractivity contribution in [2.75, 3.05) is 0 Å². The number of fused-ring (bicyclic) bond motifs is 3. The zero-order chi connectivity index (χ0) is 16.8. The standard InChI is InChI=1S/C20H27NO2/c1-13(2)14-7-8-19(3)9-10-20(4)15(18(14)19)12-17(22)23-16(20)6-5-11-21/h12-13,16H,5-10H2,1-4H3/t16?,19-,20-/m1/s1. The number of cyclic esters (lactones) is 1. The maximum absolute atomic E-state index is 12.2. The molecule has 0 spiro atoms. The van der Waals surface area contributed by atoms with Crippen molar-refractivity contribution in [2.24, 2.45) is 16.7 Å². The molecule has 1 unspecified atom stereocenters. The van der Waals surface area contributed by atoms with E-state index in [2.05, 4.69) is 33.8 Å². The Morgan fingerprint density at radius 1 is 1.35 bits per heavy atom. The lowest BCUT2D eigenvalue weighted by molar-refractivity contribution is -0.152. The van der Waals surface area contributed by atoms with Crippen molar-refractivity contribution in [1.82, 2.24) is 0 Å². The zero-order valence-corrected chi connectivity index (χ0v) is 14.7. The average Bonchev–Trinajstić information content (AvgIpc) is 2.84. The van der Waals surface area contributed by atoms with Crippen molar-refractivity contribution < 1.29 is 9.53 Å². The van der Waals surface area contributed by atoms with Crippen LogP contribution in [-0.2, 0) is 9.53 Å². The molecule has 3 atom stereocenters. The van der Waals surface area contributed by atoms with Gasteiger partial charge >= 0.3 is 5.97 Å². The maximum Gasteiger partial charge on any atom is 0.331 e. The van der Waals surface area contributed by atoms with E-state index in [4.69, 9.17) is 10.00 Å². The predicted molar refractivity (Wildman–Crippen MR) is 89.4 cm³/mol. The molecule has 3 heteroatoms. The van der Waals surface area contributed by atoms with Crippen molar-refractivity contribution in [2.45, 2.75) is 72.3 Å². The summed E-state index contributed by atoms with van der Waals surface area (Å²) in [6, 6.07) is 2.20. The van der Waals surface area contributed by atoms with Gasteiger partial charge in [0.15, 0.2) is 0 Å². The maximum atomic E-state index is 12.2. The van der Waals surface area contributed by atoms with Crippen LogP contribution in [0.15, 0.2) is 22.8 Å². The summed E-state index contributed by atoms with van der Waals surface area (Å²) in [7, 11) is 0. The molecule has 3 aliphatic rings. The molecule has 1 aliphatic heterocycles. The van der Waals surface area contributed by atoms with Crippen LogP contribution >= 0.6 is 0 Å². The van der Waals surface area contributed by atoms with E-state index in [1.54, 1.807) is 6.08 Å². The summed E-state index contributed by atoms with van der Waals surface area (Å²) in [6.45, 7) is 9.11. The number of ether oxygens (including phenoxy) is 1. The van der Waals surface area contributed by atoms with Gasteiger partial charge in [-0.05, 0) is 54.6 Å². The van der Waals surface area contributed by atoms with Crippen molar-refractivity contribution in [3.63, 3.8) is 0 Å². The molecule has 0 N–H and O–H groups in total. The van der Waals surface area contributed by atoms with Gasteiger partial charge in [-0.15, -0.1) is 0 Å². The molecule has 23 heavy (non-hydrogen) atoms. The van der Waals surface area contributed by atoms with Crippen LogP contribution in [0.25, 0.3) is 0 Å². The van der Waals surface area contributed by atoms with E-state index in [0.29, 0.717) is 18.8 Å². The van der Waals surface area contributed by atoms with E-state index in [1.165, 1.54) is 23.1 Å². The van der Waals surface area contributed by atoms with Crippen LogP contribution in [0.5, 0.6) is 0 Å². The summed E-state index contributed by atoms with van der Waals surface area (Å²) in [5.41, 5.74) is 4.26. The van der Waals surface area contributed by atoms with E-state index in [9.17, 15) is 4.79 Å². The van der Waals surface area contributed by atoms with Gasteiger partial charge in [-0.2, -0.15) is 5.26 Å². The van der Waals surface area contributed by atoms with Gasteiger partial charge in [-0.1, -0.05) is 33.3 Å². The second-order valence-corrected chi connectivity index (χ2v) is 8.21. The second-order valence-electron chi connectivity index (χ2n) is 8.21. The molecule has 3 rings (SSSR count). The first-order valence-electron chi connectivity index (χ1n) is 8.85. The Labute approximate surface area is 139 Å². The highest BCUT2D eigenvalue weighted by molar-refractivity contribution is 5.86. The summed E-state index contributed by atoms with van der Waals surface area (Å²) in [5.74, 6) is 0.290. The van der Waals surface area contributed by atoms with Gasteiger partial charge in [-0.25, -0.2) is 4.79 Å². The van der Waals surface area contributed by atoms with E-state index in [1.807, 2.05) is 0 Å². The van der Waals surface area contributed by atoms with Crippen LogP contribution < -0.4 is 0 Å². The second kappa shape index (κ2) is 5.51. The van der Waals surface area contributed by atoms with Crippen LogP contribution in [0.4, 0.5) is 0 Å². The summed E-state index contributed by atoms with van der Waals surface area (Å²) < 4.78 is 5.65. The number of hydrogen-bond donors (Lipinski definition) is 0. The Balaban J connectivity index is 2.10. The highest BCUT2D eigenvalue weighted by Gasteiger charge is 2.54. The number of esters is 1. The van der Waals surface area contributed by atoms with Crippen LogP contribution in [0.3, 0.4) is 0 Å². The van der Waals surface area contributed by atoms with E-state index in [0.717, 1.165) is 19.3 Å². The number of nitriles is 1. The average molecular weight is 313 g/mol. The van der Waals surface area contributed by atoms with Gasteiger partial charge in [0.2, 0.25) is 0 Å². The van der Waals surface area contributed by atoms with E-state index < -0.39 is 0 Å². The molecule has 1 saturated carbocycles. The lowest BCUT2D eigenvalue weighted by Crippen LogP contribution is -2.46. The quantitative estimate of drug-likeness (QED) is 0.710. The third-order valence-corrected chi connectivity index (χ3v) is 6.40. The Kier molecular flexibility index (Phi) is 3.91. The fourth-order valence-corrected chi connectivity index (χ4v) is 4.90. The molecule has 1 fully saturated rings. The van der Waals surface area contributed by atoms with Crippen molar-refractivity contribution in [3.8, 4) is 6.07 Å². The fraction of sp³-hybridized carbons (Fsp3) is 0.700. The minimum Gasteiger partial charge on any atom is -0.458 e. The fourth-order valence-electron chi connectivity index (χ4n) is 4.90. The molecular weight excluding hydrogens is 286 g/mol. The number of allylic oxidation sites excluding steroid dienone is 2.